The highest BCUT2D eigenvalue weighted by molar-refractivity contribution is 14.1. The van der Waals surface area contributed by atoms with Crippen molar-refractivity contribution in [2.45, 2.75) is 44.3 Å². The van der Waals surface area contributed by atoms with Crippen molar-refractivity contribution < 1.29 is 0 Å². The number of fused-ring (bicyclic) bond motifs is 1. The van der Waals surface area contributed by atoms with Crippen LogP contribution in [-0.4, -0.2) is 15.3 Å². The number of halogens is 1. The summed E-state index contributed by atoms with van der Waals surface area (Å²) in [6, 6.07) is 16.0. The quantitative estimate of drug-likeness (QED) is 0.180. The summed E-state index contributed by atoms with van der Waals surface area (Å²) >= 11 is 3.94. The molecule has 0 radical (unpaired) electrons. The Bertz CT molecular complexity index is 924. The highest BCUT2D eigenvalue weighted by atomic mass is 127. The summed E-state index contributed by atoms with van der Waals surface area (Å²) in [4.78, 5) is 18.0. The predicted octanol–water partition coefficient (Wildman–Crippen LogP) is 5.72. The average molecular weight is 478 g/mol. The summed E-state index contributed by atoms with van der Waals surface area (Å²) in [5.41, 5.74) is 1.96. The van der Waals surface area contributed by atoms with Gasteiger partial charge in [-0.2, -0.15) is 0 Å². The number of benzene rings is 2. The van der Waals surface area contributed by atoms with Gasteiger partial charge in [-0.15, -0.1) is 0 Å². The molecule has 0 fully saturated rings. The maximum atomic E-state index is 13.1. The molecular formula is C21H23IN2OS. The van der Waals surface area contributed by atoms with E-state index in [0.29, 0.717) is 11.9 Å². The molecule has 0 bridgehead atoms. The molecule has 3 nitrogen and oxygen atoms in total. The topological polar surface area (TPSA) is 34.9 Å². The second-order valence-corrected chi connectivity index (χ2v) is 8.65. The van der Waals surface area contributed by atoms with E-state index in [2.05, 4.69) is 41.6 Å². The van der Waals surface area contributed by atoms with Crippen molar-refractivity contribution in [3.05, 3.63) is 68.0 Å². The number of rotatable bonds is 8. The molecule has 1 aromatic heterocycles. The summed E-state index contributed by atoms with van der Waals surface area (Å²) in [6.07, 6.45) is 4.89. The van der Waals surface area contributed by atoms with E-state index >= 15 is 0 Å². The number of aromatic nitrogens is 2. The Labute approximate surface area is 172 Å². The lowest BCUT2D eigenvalue weighted by Gasteiger charge is -2.13. The van der Waals surface area contributed by atoms with Crippen LogP contribution < -0.4 is 5.56 Å². The van der Waals surface area contributed by atoms with E-state index < -0.39 is 0 Å². The zero-order valence-corrected chi connectivity index (χ0v) is 17.9. The molecule has 0 unspecified atom stereocenters. The van der Waals surface area contributed by atoms with E-state index in [1.807, 2.05) is 41.0 Å². The summed E-state index contributed by atoms with van der Waals surface area (Å²) < 4.78 is 2.89. The molecule has 136 valence electrons. The van der Waals surface area contributed by atoms with Gasteiger partial charge in [-0.1, -0.05) is 68.3 Å². The maximum Gasteiger partial charge on any atom is 0.262 e. The van der Waals surface area contributed by atoms with Crippen molar-refractivity contribution >= 4 is 45.3 Å². The van der Waals surface area contributed by atoms with Crippen LogP contribution in [0, 0.1) is 3.57 Å². The number of nitrogens with zero attached hydrogens (tertiary/aromatic N) is 2. The zero-order chi connectivity index (χ0) is 18.4. The van der Waals surface area contributed by atoms with E-state index in [-0.39, 0.29) is 5.56 Å². The molecule has 5 heteroatoms. The van der Waals surface area contributed by atoms with Crippen molar-refractivity contribution in [3.63, 3.8) is 0 Å². The first-order valence-electron chi connectivity index (χ1n) is 9.06. The zero-order valence-electron chi connectivity index (χ0n) is 15.0. The third-order valence-electron chi connectivity index (χ3n) is 4.29. The van der Waals surface area contributed by atoms with Crippen LogP contribution in [0.5, 0.6) is 0 Å². The number of unbranched alkanes of at least 4 members (excludes halogenated alkanes) is 3. The Balaban J connectivity index is 1.95. The Morgan fingerprint density at radius 3 is 2.65 bits per heavy atom. The van der Waals surface area contributed by atoms with E-state index in [9.17, 15) is 4.79 Å². The van der Waals surface area contributed by atoms with Crippen LogP contribution in [0.15, 0.2) is 58.5 Å². The molecule has 0 aliphatic heterocycles. The van der Waals surface area contributed by atoms with Gasteiger partial charge >= 0.3 is 0 Å². The summed E-state index contributed by atoms with van der Waals surface area (Å²) in [5, 5.41) is 1.52. The van der Waals surface area contributed by atoms with Gasteiger partial charge in [0, 0.05) is 9.32 Å². The molecule has 0 N–H and O–H groups in total. The largest absolute Gasteiger partial charge is 0.283 e. The second-order valence-electron chi connectivity index (χ2n) is 6.34. The molecule has 0 amide bonds. The molecule has 0 saturated heterocycles. The minimum Gasteiger partial charge on any atom is -0.283 e. The molecule has 3 aromatic rings. The minimum absolute atomic E-state index is 0.0495. The Kier molecular flexibility index (Phi) is 7.14. The van der Waals surface area contributed by atoms with Crippen LogP contribution in [0.3, 0.4) is 0 Å². The summed E-state index contributed by atoms with van der Waals surface area (Å²) in [7, 11) is 0. The van der Waals surface area contributed by atoms with Crippen molar-refractivity contribution in [1.82, 2.24) is 9.55 Å². The van der Waals surface area contributed by atoms with Gasteiger partial charge in [0.1, 0.15) is 0 Å². The molecule has 3 rings (SSSR count). The minimum atomic E-state index is 0.0495. The van der Waals surface area contributed by atoms with Gasteiger partial charge < -0.3 is 0 Å². The Hall–Kier alpha value is -1.34. The predicted molar refractivity (Wildman–Crippen MR) is 119 cm³/mol. The monoisotopic (exact) mass is 478 g/mol. The van der Waals surface area contributed by atoms with E-state index in [1.54, 1.807) is 11.8 Å². The average Bonchev–Trinajstić information content (AvgIpc) is 2.66. The van der Waals surface area contributed by atoms with Crippen LogP contribution in [0.2, 0.25) is 0 Å². The van der Waals surface area contributed by atoms with Crippen molar-refractivity contribution in [3.8, 4) is 0 Å². The van der Waals surface area contributed by atoms with Crippen LogP contribution in [0.1, 0.15) is 38.2 Å². The fourth-order valence-electron chi connectivity index (χ4n) is 2.88. The lowest BCUT2D eigenvalue weighted by molar-refractivity contribution is 0.655. The number of hydrogen-bond acceptors (Lipinski definition) is 3. The van der Waals surface area contributed by atoms with Crippen molar-refractivity contribution in [2.24, 2.45) is 0 Å². The van der Waals surface area contributed by atoms with E-state index in [0.717, 1.165) is 32.0 Å². The molecule has 2 aromatic carbocycles. The van der Waals surface area contributed by atoms with Crippen molar-refractivity contribution in [2.75, 3.05) is 5.75 Å². The van der Waals surface area contributed by atoms with Gasteiger partial charge in [0.2, 0.25) is 0 Å². The second kappa shape index (κ2) is 9.55. The SMILES string of the molecule is CCCCCCSc1nc2ccc(I)cc2c(=O)n1Cc1ccccc1. The Morgan fingerprint density at radius 1 is 1.08 bits per heavy atom. The summed E-state index contributed by atoms with van der Waals surface area (Å²) in [6.45, 7) is 2.78. The fourth-order valence-corrected chi connectivity index (χ4v) is 4.37. The van der Waals surface area contributed by atoms with Crippen LogP contribution in [0.4, 0.5) is 0 Å². The third kappa shape index (κ3) is 4.88. The van der Waals surface area contributed by atoms with Crippen molar-refractivity contribution in [1.29, 1.82) is 0 Å². The molecule has 0 aliphatic carbocycles. The lowest BCUT2D eigenvalue weighted by atomic mass is 10.2. The molecule has 0 atom stereocenters. The first-order valence-corrected chi connectivity index (χ1v) is 11.1. The van der Waals surface area contributed by atoms with E-state index in [1.165, 1.54) is 19.3 Å². The molecule has 0 aliphatic rings. The standard InChI is InChI=1S/C21H23IN2OS/c1-2-3-4-8-13-26-21-23-19-12-11-17(22)14-18(19)20(25)24(21)15-16-9-6-5-7-10-16/h5-7,9-12,14H,2-4,8,13,15H2,1H3. The van der Waals surface area contributed by atoms with Gasteiger partial charge in [-0.05, 0) is 52.8 Å². The smallest absolute Gasteiger partial charge is 0.262 e. The maximum absolute atomic E-state index is 13.1. The summed E-state index contributed by atoms with van der Waals surface area (Å²) in [5.74, 6) is 0.997. The normalized spacial score (nSPS) is 11.2. The van der Waals surface area contributed by atoms with Crippen LogP contribution >= 0.6 is 34.4 Å². The molecule has 1 heterocycles. The molecular weight excluding hydrogens is 455 g/mol. The molecule has 0 saturated carbocycles. The first kappa shape index (κ1) is 19.4. The first-order chi connectivity index (χ1) is 12.7. The van der Waals surface area contributed by atoms with Gasteiger partial charge in [-0.25, -0.2) is 4.98 Å². The number of hydrogen-bond donors (Lipinski definition) is 0. The fraction of sp³-hybridized carbons (Fsp3) is 0.333. The van der Waals surface area contributed by atoms with Crippen LogP contribution in [-0.2, 0) is 6.54 Å². The highest BCUT2D eigenvalue weighted by Crippen LogP contribution is 2.21. The third-order valence-corrected chi connectivity index (χ3v) is 6.03. The number of thioether (sulfide) groups is 1. The Morgan fingerprint density at radius 2 is 1.88 bits per heavy atom. The van der Waals surface area contributed by atoms with Gasteiger partial charge in [0.25, 0.3) is 5.56 Å². The van der Waals surface area contributed by atoms with Gasteiger partial charge in [-0.3, -0.25) is 9.36 Å². The van der Waals surface area contributed by atoms with E-state index in [4.69, 9.17) is 4.98 Å². The highest BCUT2D eigenvalue weighted by Gasteiger charge is 2.12. The lowest BCUT2D eigenvalue weighted by Crippen LogP contribution is -2.24. The van der Waals surface area contributed by atoms with Crippen LogP contribution in [0.25, 0.3) is 10.9 Å². The van der Waals surface area contributed by atoms with Gasteiger partial charge in [0.05, 0.1) is 17.4 Å². The van der Waals surface area contributed by atoms with Gasteiger partial charge in [0.15, 0.2) is 5.16 Å². The molecule has 26 heavy (non-hydrogen) atoms. The molecule has 0 spiro atoms.